The molecule has 8 heteroatoms. The fraction of sp³-hybridized carbons (Fsp3) is 0.182. The summed E-state index contributed by atoms with van der Waals surface area (Å²) in [5.41, 5.74) is 6.26. The molecule has 0 saturated heterocycles. The maximum absolute atomic E-state index is 13.2. The highest BCUT2D eigenvalue weighted by molar-refractivity contribution is 7.92. The van der Waals surface area contributed by atoms with Crippen molar-refractivity contribution in [3.8, 4) is 0 Å². The number of halogens is 1. The van der Waals surface area contributed by atoms with Crippen LogP contribution in [-0.4, -0.2) is 18.0 Å². The Hall–Kier alpha value is -2.09. The number of imidazole rings is 1. The van der Waals surface area contributed by atoms with E-state index in [4.69, 9.17) is 5.73 Å². The van der Waals surface area contributed by atoms with Gasteiger partial charge in [0.25, 0.3) is 10.0 Å². The predicted octanol–water partition coefficient (Wildman–Crippen LogP) is 1.25. The molecule has 0 aliphatic carbocycles. The van der Waals surface area contributed by atoms with Gasteiger partial charge in [0.05, 0.1) is 12.0 Å². The SMILES string of the molecule is Cc1cc(F)cc(NS(=O)(=O)c2c(N)ncn2C)c1. The average molecular weight is 284 g/mol. The molecular weight excluding hydrogens is 271 g/mol. The third-order valence-electron chi connectivity index (χ3n) is 2.46. The Balaban J connectivity index is 2.42. The van der Waals surface area contributed by atoms with Crippen LogP contribution in [0.15, 0.2) is 29.6 Å². The first kappa shape index (κ1) is 13.3. The molecule has 6 nitrogen and oxygen atoms in total. The van der Waals surface area contributed by atoms with Gasteiger partial charge in [-0.05, 0) is 30.7 Å². The Bertz CT molecular complexity index is 685. The third kappa shape index (κ3) is 2.68. The fourth-order valence-corrected chi connectivity index (χ4v) is 3.04. The second-order valence-electron chi connectivity index (χ2n) is 4.17. The molecule has 19 heavy (non-hydrogen) atoms. The molecule has 2 rings (SSSR count). The largest absolute Gasteiger partial charge is 0.381 e. The lowest BCUT2D eigenvalue weighted by atomic mass is 10.2. The maximum atomic E-state index is 13.2. The van der Waals surface area contributed by atoms with E-state index >= 15 is 0 Å². The predicted molar refractivity (Wildman–Crippen MR) is 69.6 cm³/mol. The lowest BCUT2D eigenvalue weighted by Gasteiger charge is -2.09. The van der Waals surface area contributed by atoms with Gasteiger partial charge in [0, 0.05) is 7.05 Å². The zero-order valence-corrected chi connectivity index (χ0v) is 11.2. The van der Waals surface area contributed by atoms with E-state index in [1.807, 2.05) is 0 Å². The topological polar surface area (TPSA) is 90.0 Å². The van der Waals surface area contributed by atoms with E-state index in [0.29, 0.717) is 5.56 Å². The second kappa shape index (κ2) is 4.54. The van der Waals surface area contributed by atoms with Crippen LogP contribution in [0.2, 0.25) is 0 Å². The number of aromatic nitrogens is 2. The summed E-state index contributed by atoms with van der Waals surface area (Å²) in [5, 5.41) is -0.158. The Labute approximate surface area is 110 Å². The molecule has 1 aromatic heterocycles. The number of aryl methyl sites for hydroxylation is 2. The molecule has 2 aromatic rings. The van der Waals surface area contributed by atoms with Crippen LogP contribution in [0, 0.1) is 12.7 Å². The van der Waals surface area contributed by atoms with E-state index in [9.17, 15) is 12.8 Å². The summed E-state index contributed by atoms with van der Waals surface area (Å²) in [6.45, 7) is 1.67. The second-order valence-corrected chi connectivity index (χ2v) is 5.77. The Morgan fingerprint density at radius 2 is 2.05 bits per heavy atom. The summed E-state index contributed by atoms with van der Waals surface area (Å²) < 4.78 is 41.1. The molecule has 0 aliphatic rings. The number of benzene rings is 1. The highest BCUT2D eigenvalue weighted by Crippen LogP contribution is 2.21. The van der Waals surface area contributed by atoms with Gasteiger partial charge in [-0.1, -0.05) is 0 Å². The van der Waals surface area contributed by atoms with Crippen LogP contribution in [0.4, 0.5) is 15.9 Å². The van der Waals surface area contributed by atoms with Crippen LogP contribution in [0.25, 0.3) is 0 Å². The summed E-state index contributed by atoms with van der Waals surface area (Å²) in [6.07, 6.45) is 1.29. The van der Waals surface area contributed by atoms with E-state index in [1.54, 1.807) is 6.92 Å². The summed E-state index contributed by atoms with van der Waals surface area (Å²) in [5.74, 6) is -0.626. The molecule has 1 aromatic carbocycles. The van der Waals surface area contributed by atoms with Crippen molar-refractivity contribution in [2.75, 3.05) is 10.5 Å². The molecule has 102 valence electrons. The van der Waals surface area contributed by atoms with Crippen molar-refractivity contribution >= 4 is 21.5 Å². The molecule has 1 heterocycles. The third-order valence-corrected chi connectivity index (χ3v) is 3.97. The summed E-state index contributed by atoms with van der Waals surface area (Å²) >= 11 is 0. The normalized spacial score (nSPS) is 11.5. The van der Waals surface area contributed by atoms with Gasteiger partial charge >= 0.3 is 0 Å². The van der Waals surface area contributed by atoms with E-state index < -0.39 is 15.8 Å². The summed E-state index contributed by atoms with van der Waals surface area (Å²) in [7, 11) is -2.40. The minimum atomic E-state index is -3.91. The van der Waals surface area contributed by atoms with E-state index in [2.05, 4.69) is 9.71 Å². The molecule has 0 amide bonds. The number of sulfonamides is 1. The molecule has 0 spiro atoms. The first-order valence-corrected chi connectivity index (χ1v) is 6.85. The maximum Gasteiger partial charge on any atom is 0.281 e. The number of nitrogen functional groups attached to an aromatic ring is 1. The number of hydrogen-bond donors (Lipinski definition) is 2. The Morgan fingerprint density at radius 1 is 1.37 bits per heavy atom. The molecule has 0 saturated carbocycles. The first-order chi connectivity index (χ1) is 8.79. The highest BCUT2D eigenvalue weighted by Gasteiger charge is 2.22. The summed E-state index contributed by atoms with van der Waals surface area (Å²) in [4.78, 5) is 3.71. The molecule has 0 fully saturated rings. The van der Waals surface area contributed by atoms with Gasteiger partial charge in [-0.15, -0.1) is 0 Å². The van der Waals surface area contributed by atoms with E-state index in [-0.39, 0.29) is 16.5 Å². The van der Waals surface area contributed by atoms with Crippen LogP contribution in [0.1, 0.15) is 5.56 Å². The Morgan fingerprint density at radius 3 is 2.58 bits per heavy atom. The molecule has 0 radical (unpaired) electrons. The van der Waals surface area contributed by atoms with Gasteiger partial charge in [0.15, 0.2) is 10.8 Å². The molecule has 3 N–H and O–H groups in total. The quantitative estimate of drug-likeness (QED) is 0.887. The zero-order chi connectivity index (χ0) is 14.2. The van der Waals surface area contributed by atoms with Crippen LogP contribution in [0.5, 0.6) is 0 Å². The van der Waals surface area contributed by atoms with Crippen molar-refractivity contribution in [3.05, 3.63) is 35.9 Å². The number of anilines is 2. The van der Waals surface area contributed by atoms with Gasteiger partial charge in [-0.25, -0.2) is 9.37 Å². The van der Waals surface area contributed by atoms with Crippen molar-refractivity contribution in [2.45, 2.75) is 11.9 Å². The van der Waals surface area contributed by atoms with Crippen LogP contribution in [-0.2, 0) is 17.1 Å². The molecule has 0 bridgehead atoms. The average Bonchev–Trinajstić information content (AvgIpc) is 2.56. The lowest BCUT2D eigenvalue weighted by Crippen LogP contribution is -2.17. The Kier molecular flexibility index (Phi) is 3.19. The lowest BCUT2D eigenvalue weighted by molar-refractivity contribution is 0.591. The van der Waals surface area contributed by atoms with Crippen molar-refractivity contribution in [1.29, 1.82) is 0 Å². The number of hydrogen-bond acceptors (Lipinski definition) is 4. The van der Waals surface area contributed by atoms with Crippen molar-refractivity contribution in [1.82, 2.24) is 9.55 Å². The van der Waals surface area contributed by atoms with Gasteiger partial charge in [0.1, 0.15) is 5.82 Å². The van der Waals surface area contributed by atoms with Crippen LogP contribution >= 0.6 is 0 Å². The number of nitrogens with zero attached hydrogens (tertiary/aromatic N) is 2. The molecule has 0 atom stereocenters. The minimum absolute atomic E-state index is 0.108. The van der Waals surface area contributed by atoms with E-state index in [1.165, 1.54) is 30.1 Å². The smallest absolute Gasteiger partial charge is 0.281 e. The monoisotopic (exact) mass is 284 g/mol. The number of rotatable bonds is 3. The van der Waals surface area contributed by atoms with Crippen LogP contribution < -0.4 is 10.5 Å². The highest BCUT2D eigenvalue weighted by atomic mass is 32.2. The van der Waals surface area contributed by atoms with E-state index in [0.717, 1.165) is 6.07 Å². The molecular formula is C11H13FN4O2S. The zero-order valence-electron chi connectivity index (χ0n) is 10.4. The van der Waals surface area contributed by atoms with Gasteiger partial charge in [-0.3, -0.25) is 4.72 Å². The molecule has 0 unspecified atom stereocenters. The number of nitrogens with one attached hydrogen (secondary N) is 1. The van der Waals surface area contributed by atoms with Crippen LogP contribution in [0.3, 0.4) is 0 Å². The van der Waals surface area contributed by atoms with Crippen molar-refractivity contribution < 1.29 is 12.8 Å². The minimum Gasteiger partial charge on any atom is -0.381 e. The van der Waals surface area contributed by atoms with Crippen molar-refractivity contribution in [2.24, 2.45) is 7.05 Å². The molecule has 0 aliphatic heterocycles. The standard InChI is InChI=1S/C11H13FN4O2S/c1-7-3-8(12)5-9(4-7)15-19(17,18)11-10(13)14-6-16(11)2/h3-6,15H,13H2,1-2H3. The fourth-order valence-electron chi connectivity index (χ4n) is 1.76. The van der Waals surface area contributed by atoms with Gasteiger partial charge in [0.2, 0.25) is 0 Å². The first-order valence-electron chi connectivity index (χ1n) is 5.36. The van der Waals surface area contributed by atoms with Gasteiger partial charge < -0.3 is 10.3 Å². The van der Waals surface area contributed by atoms with Gasteiger partial charge in [-0.2, -0.15) is 8.42 Å². The summed E-state index contributed by atoms with van der Waals surface area (Å²) in [6, 6.07) is 3.92. The number of nitrogens with two attached hydrogens (primary N) is 1. The van der Waals surface area contributed by atoms with Crippen molar-refractivity contribution in [3.63, 3.8) is 0 Å².